The highest BCUT2D eigenvalue weighted by molar-refractivity contribution is 7.99. The van der Waals surface area contributed by atoms with Crippen LogP contribution in [0, 0.1) is 11.2 Å². The van der Waals surface area contributed by atoms with Crippen molar-refractivity contribution in [1.82, 2.24) is 14.8 Å². The highest BCUT2D eigenvalue weighted by Gasteiger charge is 2.22. The van der Waals surface area contributed by atoms with Crippen molar-refractivity contribution in [2.75, 3.05) is 5.75 Å². The van der Waals surface area contributed by atoms with Crippen molar-refractivity contribution >= 4 is 17.5 Å². The van der Waals surface area contributed by atoms with E-state index in [1.54, 1.807) is 18.2 Å². The Hall–Kier alpha value is -1.95. The standard InChI is InChI=1S/C17H20FN3OS/c1-5-10-21-15(12-6-8-13(18)9-7-12)19-20-16(21)23-11-14(22)17(2,3)4/h5-9H,1,10-11H2,2-4H3. The van der Waals surface area contributed by atoms with Crippen LogP contribution in [0.15, 0.2) is 42.1 Å². The quantitative estimate of drug-likeness (QED) is 0.593. The fourth-order valence-electron chi connectivity index (χ4n) is 1.85. The molecular weight excluding hydrogens is 313 g/mol. The molecule has 1 aromatic heterocycles. The molecule has 0 aliphatic rings. The number of carbonyl (C=O) groups excluding carboxylic acids is 1. The number of hydrogen-bond acceptors (Lipinski definition) is 4. The maximum Gasteiger partial charge on any atom is 0.192 e. The van der Waals surface area contributed by atoms with Gasteiger partial charge in [-0.1, -0.05) is 38.6 Å². The Morgan fingerprint density at radius 2 is 1.96 bits per heavy atom. The summed E-state index contributed by atoms with van der Waals surface area (Å²) in [6, 6.07) is 6.10. The molecule has 0 bridgehead atoms. The number of halogens is 1. The molecule has 4 nitrogen and oxygen atoms in total. The van der Waals surface area contributed by atoms with Gasteiger partial charge >= 0.3 is 0 Å². The van der Waals surface area contributed by atoms with Crippen molar-refractivity contribution in [3.63, 3.8) is 0 Å². The zero-order chi connectivity index (χ0) is 17.0. The van der Waals surface area contributed by atoms with Gasteiger partial charge in [-0.05, 0) is 24.3 Å². The van der Waals surface area contributed by atoms with Crippen molar-refractivity contribution in [3.8, 4) is 11.4 Å². The summed E-state index contributed by atoms with van der Waals surface area (Å²) in [7, 11) is 0. The second-order valence-corrected chi connectivity index (χ2v) is 7.12. The van der Waals surface area contributed by atoms with E-state index in [0.717, 1.165) is 5.56 Å². The molecule has 23 heavy (non-hydrogen) atoms. The average molecular weight is 333 g/mol. The predicted molar refractivity (Wildman–Crippen MR) is 90.8 cm³/mol. The highest BCUT2D eigenvalue weighted by Crippen LogP contribution is 2.26. The van der Waals surface area contributed by atoms with Crippen molar-refractivity contribution in [1.29, 1.82) is 0 Å². The van der Waals surface area contributed by atoms with Gasteiger partial charge in [-0.25, -0.2) is 4.39 Å². The lowest BCUT2D eigenvalue weighted by Crippen LogP contribution is -2.22. The first-order valence-corrected chi connectivity index (χ1v) is 8.27. The molecule has 0 unspecified atom stereocenters. The largest absolute Gasteiger partial charge is 0.298 e. The van der Waals surface area contributed by atoms with Crippen molar-refractivity contribution in [3.05, 3.63) is 42.7 Å². The lowest BCUT2D eigenvalue weighted by molar-refractivity contribution is -0.123. The van der Waals surface area contributed by atoms with Crippen LogP contribution in [0.3, 0.4) is 0 Å². The van der Waals surface area contributed by atoms with Gasteiger partial charge in [0.1, 0.15) is 11.6 Å². The van der Waals surface area contributed by atoms with E-state index in [1.165, 1.54) is 23.9 Å². The number of ketones is 1. The smallest absolute Gasteiger partial charge is 0.192 e. The van der Waals surface area contributed by atoms with E-state index >= 15 is 0 Å². The minimum atomic E-state index is -0.379. The number of allylic oxidation sites excluding steroid dienone is 1. The van der Waals surface area contributed by atoms with Gasteiger partial charge in [0, 0.05) is 17.5 Å². The molecule has 1 heterocycles. The lowest BCUT2D eigenvalue weighted by atomic mass is 9.92. The third-order valence-electron chi connectivity index (χ3n) is 3.30. The van der Waals surface area contributed by atoms with E-state index in [-0.39, 0.29) is 17.0 Å². The summed E-state index contributed by atoms with van der Waals surface area (Å²) in [4.78, 5) is 12.1. The zero-order valence-electron chi connectivity index (χ0n) is 13.5. The summed E-state index contributed by atoms with van der Waals surface area (Å²) in [5, 5.41) is 9.01. The summed E-state index contributed by atoms with van der Waals surface area (Å²) in [5.41, 5.74) is 0.394. The molecule has 0 spiro atoms. The number of aromatic nitrogens is 3. The van der Waals surface area contributed by atoms with Crippen molar-refractivity contribution in [2.45, 2.75) is 32.5 Å². The SMILES string of the molecule is C=CCn1c(SCC(=O)C(C)(C)C)nnc1-c1ccc(F)cc1. The topological polar surface area (TPSA) is 47.8 Å². The minimum absolute atomic E-state index is 0.152. The minimum Gasteiger partial charge on any atom is -0.298 e. The lowest BCUT2D eigenvalue weighted by Gasteiger charge is -2.15. The number of thioether (sulfide) groups is 1. The predicted octanol–water partition coefficient (Wildman–Crippen LogP) is 3.98. The fraction of sp³-hybridized carbons (Fsp3) is 0.353. The number of rotatable bonds is 6. The van der Waals surface area contributed by atoms with Gasteiger partial charge in [-0.15, -0.1) is 16.8 Å². The molecule has 0 aliphatic heterocycles. The van der Waals surface area contributed by atoms with E-state index in [2.05, 4.69) is 16.8 Å². The molecular formula is C17H20FN3OS. The normalized spacial score (nSPS) is 11.5. The van der Waals surface area contributed by atoms with Crippen LogP contribution in [0.5, 0.6) is 0 Å². The molecule has 122 valence electrons. The molecule has 0 saturated heterocycles. The van der Waals surface area contributed by atoms with Crippen molar-refractivity contribution in [2.24, 2.45) is 5.41 Å². The van der Waals surface area contributed by atoms with Gasteiger partial charge in [-0.3, -0.25) is 9.36 Å². The molecule has 2 aromatic rings. The molecule has 0 N–H and O–H groups in total. The zero-order valence-corrected chi connectivity index (χ0v) is 14.4. The maximum atomic E-state index is 13.1. The number of Topliss-reactive ketones (excluding diaryl/α,β-unsaturated/α-hetero) is 1. The van der Waals surface area contributed by atoms with Crippen LogP contribution >= 0.6 is 11.8 Å². The van der Waals surface area contributed by atoms with Gasteiger partial charge in [0.05, 0.1) is 5.75 Å². The molecule has 0 atom stereocenters. The second-order valence-electron chi connectivity index (χ2n) is 6.17. The third-order valence-corrected chi connectivity index (χ3v) is 4.27. The third kappa shape index (κ3) is 4.28. The molecule has 0 amide bonds. The molecule has 6 heteroatoms. The molecule has 1 aromatic carbocycles. The van der Waals surface area contributed by atoms with Crippen LogP contribution in [0.2, 0.25) is 0 Å². The molecule has 2 rings (SSSR count). The van der Waals surface area contributed by atoms with Crippen LogP contribution in [-0.2, 0) is 11.3 Å². The Morgan fingerprint density at radius 3 is 2.52 bits per heavy atom. The Bertz CT molecular complexity index is 702. The number of hydrogen-bond donors (Lipinski definition) is 0. The molecule has 0 fully saturated rings. The highest BCUT2D eigenvalue weighted by atomic mass is 32.2. The molecule has 0 saturated carbocycles. The average Bonchev–Trinajstić information content (AvgIpc) is 2.88. The summed E-state index contributed by atoms with van der Waals surface area (Å²) in [6.07, 6.45) is 1.74. The number of carbonyl (C=O) groups is 1. The first kappa shape index (κ1) is 17.4. The number of benzene rings is 1. The van der Waals surface area contributed by atoms with Crippen LogP contribution in [0.4, 0.5) is 4.39 Å². The van der Waals surface area contributed by atoms with Crippen LogP contribution in [0.1, 0.15) is 20.8 Å². The van der Waals surface area contributed by atoms with Crippen LogP contribution in [0.25, 0.3) is 11.4 Å². The van der Waals surface area contributed by atoms with Crippen LogP contribution < -0.4 is 0 Å². The first-order valence-electron chi connectivity index (χ1n) is 7.29. The Balaban J connectivity index is 2.26. The van der Waals surface area contributed by atoms with Gasteiger partial charge < -0.3 is 0 Å². The van der Waals surface area contributed by atoms with E-state index in [4.69, 9.17) is 0 Å². The monoisotopic (exact) mass is 333 g/mol. The Kier molecular flexibility index (Phi) is 5.36. The van der Waals surface area contributed by atoms with Crippen LogP contribution in [-0.4, -0.2) is 26.3 Å². The maximum absolute atomic E-state index is 13.1. The Labute approximate surface area is 139 Å². The van der Waals surface area contributed by atoms with E-state index in [9.17, 15) is 9.18 Å². The summed E-state index contributed by atoms with van der Waals surface area (Å²) < 4.78 is 15.0. The van der Waals surface area contributed by atoms with Gasteiger partial charge in [0.25, 0.3) is 0 Å². The fourth-order valence-corrected chi connectivity index (χ4v) is 2.96. The summed E-state index contributed by atoms with van der Waals surface area (Å²) >= 11 is 1.36. The summed E-state index contributed by atoms with van der Waals surface area (Å²) in [6.45, 7) is 9.96. The molecule has 0 aliphatic carbocycles. The van der Waals surface area contributed by atoms with Gasteiger partial charge in [0.15, 0.2) is 11.0 Å². The Morgan fingerprint density at radius 1 is 1.30 bits per heavy atom. The van der Waals surface area contributed by atoms with E-state index in [1.807, 2.05) is 25.3 Å². The summed E-state index contributed by atoms with van der Waals surface area (Å²) in [5.74, 6) is 0.825. The van der Waals surface area contributed by atoms with Gasteiger partial charge in [0.2, 0.25) is 0 Å². The van der Waals surface area contributed by atoms with E-state index < -0.39 is 0 Å². The molecule has 0 radical (unpaired) electrons. The number of nitrogens with zero attached hydrogens (tertiary/aromatic N) is 3. The van der Waals surface area contributed by atoms with Gasteiger partial charge in [-0.2, -0.15) is 0 Å². The van der Waals surface area contributed by atoms with Crippen molar-refractivity contribution < 1.29 is 9.18 Å². The van der Waals surface area contributed by atoms with E-state index in [0.29, 0.717) is 23.3 Å². The second kappa shape index (κ2) is 7.08. The first-order chi connectivity index (χ1) is 10.8.